The molecule has 0 radical (unpaired) electrons. The van der Waals surface area contributed by atoms with Crippen LogP contribution in [0.1, 0.15) is 19.4 Å². The van der Waals surface area contributed by atoms with E-state index in [9.17, 15) is 8.42 Å². The van der Waals surface area contributed by atoms with Crippen LogP contribution in [0.25, 0.3) is 0 Å². The number of hydrogen-bond donors (Lipinski definition) is 2. The summed E-state index contributed by atoms with van der Waals surface area (Å²) in [4.78, 5) is 0.0197. The molecule has 0 saturated carbocycles. The highest BCUT2D eigenvalue weighted by atomic mass is 35.5. The van der Waals surface area contributed by atoms with E-state index in [-0.39, 0.29) is 16.5 Å². The Kier molecular flexibility index (Phi) is 4.19. The molecule has 0 unspecified atom stereocenters. The molecule has 0 bridgehead atoms. The van der Waals surface area contributed by atoms with Crippen LogP contribution in [0, 0.1) is 6.92 Å². The Hall–Kier alpha value is -0.620. The maximum absolute atomic E-state index is 12.0. The Morgan fingerprint density at radius 2 is 2.00 bits per heavy atom. The van der Waals surface area contributed by atoms with Crippen LogP contribution in [0.15, 0.2) is 23.1 Å². The fourth-order valence-electron chi connectivity index (χ4n) is 1.27. The summed E-state index contributed by atoms with van der Waals surface area (Å²) in [6.07, 6.45) is 0. The quantitative estimate of drug-likeness (QED) is 0.880. The summed E-state index contributed by atoms with van der Waals surface area (Å²) >= 11 is 5.90. The molecule has 0 aliphatic heterocycles. The Morgan fingerprint density at radius 1 is 1.41 bits per heavy atom. The van der Waals surface area contributed by atoms with Crippen molar-refractivity contribution in [1.82, 2.24) is 4.72 Å². The molecule has 2 N–H and O–H groups in total. The molecule has 96 valence electrons. The predicted molar refractivity (Wildman–Crippen MR) is 67.7 cm³/mol. The molecule has 0 spiro atoms. The number of aliphatic hydroxyl groups is 1. The number of hydrogen-bond acceptors (Lipinski definition) is 3. The predicted octanol–water partition coefficient (Wildman–Crippen LogP) is 1.70. The van der Waals surface area contributed by atoms with Gasteiger partial charge in [-0.15, -0.1) is 0 Å². The number of aryl methyl sites for hydroxylation is 1. The van der Waals surface area contributed by atoms with Crippen LogP contribution in [0.5, 0.6) is 0 Å². The van der Waals surface area contributed by atoms with E-state index < -0.39 is 15.6 Å². The summed E-state index contributed by atoms with van der Waals surface area (Å²) in [5.41, 5.74) is -0.0390. The van der Waals surface area contributed by atoms with Crippen LogP contribution in [0.4, 0.5) is 0 Å². The molecule has 17 heavy (non-hydrogen) atoms. The highest BCUT2D eigenvalue weighted by Crippen LogP contribution is 2.23. The molecule has 4 nitrogen and oxygen atoms in total. The molecule has 0 fully saturated rings. The highest BCUT2D eigenvalue weighted by molar-refractivity contribution is 7.89. The zero-order chi connectivity index (χ0) is 13.3. The Labute approximate surface area is 107 Å². The topological polar surface area (TPSA) is 66.4 Å². The Balaban J connectivity index is 3.14. The van der Waals surface area contributed by atoms with E-state index in [0.717, 1.165) is 5.56 Å². The molecule has 0 atom stereocenters. The van der Waals surface area contributed by atoms with Gasteiger partial charge in [-0.25, -0.2) is 13.1 Å². The molecule has 0 aromatic heterocycles. The van der Waals surface area contributed by atoms with E-state index in [4.69, 9.17) is 16.7 Å². The molecule has 0 aliphatic rings. The van der Waals surface area contributed by atoms with Crippen molar-refractivity contribution < 1.29 is 13.5 Å². The molecule has 0 heterocycles. The molecule has 6 heteroatoms. The van der Waals surface area contributed by atoms with Crippen molar-refractivity contribution in [3.05, 3.63) is 28.8 Å². The molecule has 1 aromatic carbocycles. The lowest BCUT2D eigenvalue weighted by Crippen LogP contribution is -2.46. The van der Waals surface area contributed by atoms with Crippen molar-refractivity contribution in [1.29, 1.82) is 0 Å². The fourth-order valence-corrected chi connectivity index (χ4v) is 3.28. The van der Waals surface area contributed by atoms with Crippen LogP contribution in [0.2, 0.25) is 5.02 Å². The first kappa shape index (κ1) is 14.4. The maximum atomic E-state index is 12.0. The van der Waals surface area contributed by atoms with Gasteiger partial charge in [0.2, 0.25) is 10.0 Å². The number of rotatable bonds is 4. The summed E-state index contributed by atoms with van der Waals surface area (Å²) < 4.78 is 26.5. The first-order chi connectivity index (χ1) is 7.68. The van der Waals surface area contributed by atoms with Gasteiger partial charge in [0, 0.05) is 0 Å². The lowest BCUT2D eigenvalue weighted by atomic mass is 10.1. The second kappa shape index (κ2) is 4.94. The van der Waals surface area contributed by atoms with E-state index in [1.54, 1.807) is 26.0 Å². The summed E-state index contributed by atoms with van der Waals surface area (Å²) in [5.74, 6) is 0. The number of sulfonamides is 1. The number of aliphatic hydroxyl groups excluding tert-OH is 1. The smallest absolute Gasteiger partial charge is 0.242 e. The zero-order valence-electron chi connectivity index (χ0n) is 9.99. The Bertz CT molecular complexity index is 511. The first-order valence-electron chi connectivity index (χ1n) is 5.09. The van der Waals surface area contributed by atoms with Gasteiger partial charge in [0.25, 0.3) is 0 Å². The lowest BCUT2D eigenvalue weighted by Gasteiger charge is -2.23. The van der Waals surface area contributed by atoms with Gasteiger partial charge in [0.1, 0.15) is 4.90 Å². The van der Waals surface area contributed by atoms with Gasteiger partial charge in [-0.05, 0) is 38.5 Å². The average molecular weight is 278 g/mol. The highest BCUT2D eigenvalue weighted by Gasteiger charge is 2.26. The summed E-state index contributed by atoms with van der Waals surface area (Å²) in [7, 11) is -3.72. The van der Waals surface area contributed by atoms with Crippen LogP contribution in [0.3, 0.4) is 0 Å². The third-order valence-electron chi connectivity index (χ3n) is 2.18. The number of nitrogens with one attached hydrogen (secondary N) is 1. The monoisotopic (exact) mass is 277 g/mol. The zero-order valence-corrected chi connectivity index (χ0v) is 11.6. The minimum absolute atomic E-state index is 0.0197. The van der Waals surface area contributed by atoms with Crippen molar-refractivity contribution in [2.45, 2.75) is 31.2 Å². The average Bonchev–Trinajstić information content (AvgIpc) is 2.15. The van der Waals surface area contributed by atoms with Crippen LogP contribution in [-0.4, -0.2) is 25.7 Å². The van der Waals surface area contributed by atoms with Crippen molar-refractivity contribution in [2.24, 2.45) is 0 Å². The van der Waals surface area contributed by atoms with Crippen LogP contribution in [-0.2, 0) is 10.0 Å². The Morgan fingerprint density at radius 3 is 2.47 bits per heavy atom. The largest absolute Gasteiger partial charge is 0.394 e. The summed E-state index contributed by atoms with van der Waals surface area (Å²) in [6.45, 7) is 4.71. The maximum Gasteiger partial charge on any atom is 0.242 e. The normalized spacial score (nSPS) is 12.8. The van der Waals surface area contributed by atoms with Gasteiger partial charge in [0.15, 0.2) is 0 Å². The molecule has 0 saturated heterocycles. The van der Waals surface area contributed by atoms with Crippen LogP contribution < -0.4 is 4.72 Å². The third-order valence-corrected chi connectivity index (χ3v) is 4.36. The van der Waals surface area contributed by atoms with E-state index in [1.807, 2.05) is 6.92 Å². The van der Waals surface area contributed by atoms with Gasteiger partial charge >= 0.3 is 0 Å². The van der Waals surface area contributed by atoms with Gasteiger partial charge in [-0.1, -0.05) is 17.7 Å². The first-order valence-corrected chi connectivity index (χ1v) is 6.95. The standard InChI is InChI=1S/C11H16ClNO3S/c1-8-4-5-10(9(12)6-8)17(15,16)13-11(2,3)7-14/h4-6,13-14H,7H2,1-3H3. The molecule has 0 amide bonds. The third kappa shape index (κ3) is 3.67. The van der Waals surface area contributed by atoms with Crippen molar-refractivity contribution in [3.63, 3.8) is 0 Å². The van der Waals surface area contributed by atoms with E-state index in [2.05, 4.69) is 4.72 Å². The number of benzene rings is 1. The van der Waals surface area contributed by atoms with Crippen molar-refractivity contribution in [3.8, 4) is 0 Å². The molecule has 0 aliphatic carbocycles. The minimum Gasteiger partial charge on any atom is -0.394 e. The van der Waals surface area contributed by atoms with E-state index in [1.165, 1.54) is 6.07 Å². The van der Waals surface area contributed by atoms with E-state index in [0.29, 0.717) is 0 Å². The fraction of sp³-hybridized carbons (Fsp3) is 0.455. The van der Waals surface area contributed by atoms with Gasteiger partial charge in [-0.3, -0.25) is 0 Å². The summed E-state index contributed by atoms with van der Waals surface area (Å²) in [6, 6.07) is 4.71. The SMILES string of the molecule is Cc1ccc(S(=O)(=O)NC(C)(C)CO)c(Cl)c1. The van der Waals surface area contributed by atoms with Crippen LogP contribution >= 0.6 is 11.6 Å². The van der Waals surface area contributed by atoms with E-state index >= 15 is 0 Å². The molecular formula is C11H16ClNO3S. The number of halogens is 1. The van der Waals surface area contributed by atoms with Crippen molar-refractivity contribution in [2.75, 3.05) is 6.61 Å². The molecule has 1 rings (SSSR count). The summed E-state index contributed by atoms with van der Waals surface area (Å²) in [5, 5.41) is 9.23. The second-order valence-electron chi connectivity index (χ2n) is 4.58. The van der Waals surface area contributed by atoms with Gasteiger partial charge in [-0.2, -0.15) is 0 Å². The lowest BCUT2D eigenvalue weighted by molar-refractivity contribution is 0.208. The van der Waals surface area contributed by atoms with Crippen molar-refractivity contribution >= 4 is 21.6 Å². The van der Waals surface area contributed by atoms with Gasteiger partial charge in [0.05, 0.1) is 17.2 Å². The minimum atomic E-state index is -3.72. The molecular weight excluding hydrogens is 262 g/mol. The molecule has 1 aromatic rings. The van der Waals surface area contributed by atoms with Gasteiger partial charge < -0.3 is 5.11 Å². The second-order valence-corrected chi connectivity index (χ2v) is 6.64.